The molecule has 0 aromatic carbocycles. The van der Waals surface area contributed by atoms with Crippen LogP contribution in [0.1, 0.15) is 13.3 Å². The number of amides is 1. The van der Waals surface area contributed by atoms with Gasteiger partial charge >= 0.3 is 0 Å². The Balaban J connectivity index is 1.63. The highest BCUT2D eigenvalue weighted by Crippen LogP contribution is 2.43. The van der Waals surface area contributed by atoms with Crippen molar-refractivity contribution < 1.29 is 4.79 Å². The lowest BCUT2D eigenvalue weighted by Crippen LogP contribution is -2.35. The summed E-state index contributed by atoms with van der Waals surface area (Å²) < 4.78 is 1.51. The number of carbonyl (C=O) groups excluding carboxylic acids is 1. The third kappa shape index (κ3) is 3.79. The molecular formula is C16H23ClN4O2S. The van der Waals surface area contributed by atoms with E-state index < -0.39 is 0 Å². The molecule has 2 N–H and O–H groups in total. The van der Waals surface area contributed by atoms with Crippen molar-refractivity contribution >= 4 is 35.0 Å². The van der Waals surface area contributed by atoms with Gasteiger partial charge in [0.25, 0.3) is 5.56 Å². The molecular weight excluding hydrogens is 348 g/mol. The predicted octanol–water partition coefficient (Wildman–Crippen LogP) is 1.35. The Labute approximate surface area is 150 Å². The molecule has 0 aliphatic carbocycles. The van der Waals surface area contributed by atoms with E-state index in [2.05, 4.69) is 22.6 Å². The molecule has 6 nitrogen and oxygen atoms in total. The highest BCUT2D eigenvalue weighted by atomic mass is 35.5. The van der Waals surface area contributed by atoms with Gasteiger partial charge in [0, 0.05) is 44.0 Å². The van der Waals surface area contributed by atoms with Crippen LogP contribution in [0, 0.1) is 5.92 Å². The lowest BCUT2D eigenvalue weighted by molar-refractivity contribution is -0.115. The van der Waals surface area contributed by atoms with E-state index in [9.17, 15) is 9.59 Å². The van der Waals surface area contributed by atoms with Crippen molar-refractivity contribution in [1.82, 2.24) is 14.8 Å². The second-order valence-corrected chi connectivity index (χ2v) is 8.49. The molecule has 2 aliphatic heterocycles. The molecule has 1 aromatic rings. The first-order valence-corrected chi connectivity index (χ1v) is 9.58. The number of nitrogens with one attached hydrogen (secondary N) is 2. The van der Waals surface area contributed by atoms with Crippen LogP contribution in [0.15, 0.2) is 23.1 Å². The van der Waals surface area contributed by atoms with Crippen molar-refractivity contribution in [3.05, 3.63) is 28.7 Å². The predicted molar refractivity (Wildman–Crippen MR) is 98.6 cm³/mol. The number of likely N-dealkylation sites (N-methyl/N-ethyl adjacent to an activating group) is 1. The molecule has 3 rings (SSSR count). The maximum Gasteiger partial charge on any atom is 0.250 e. The molecule has 0 spiro atoms. The monoisotopic (exact) mass is 370 g/mol. The van der Waals surface area contributed by atoms with Crippen molar-refractivity contribution in [2.24, 2.45) is 5.92 Å². The molecule has 0 radical (unpaired) electrons. The molecule has 3 heterocycles. The third-order valence-electron chi connectivity index (χ3n) is 4.65. The molecule has 4 atom stereocenters. The van der Waals surface area contributed by atoms with Crippen LogP contribution in [-0.4, -0.2) is 51.6 Å². The van der Waals surface area contributed by atoms with Gasteiger partial charge < -0.3 is 9.88 Å². The van der Waals surface area contributed by atoms with Gasteiger partial charge in [0.05, 0.1) is 15.6 Å². The van der Waals surface area contributed by atoms with Crippen LogP contribution >= 0.6 is 23.4 Å². The summed E-state index contributed by atoms with van der Waals surface area (Å²) in [6.45, 7) is 4.30. The van der Waals surface area contributed by atoms with E-state index >= 15 is 0 Å². The van der Waals surface area contributed by atoms with Gasteiger partial charge in [-0.3, -0.25) is 19.8 Å². The van der Waals surface area contributed by atoms with Crippen LogP contribution in [-0.2, 0) is 11.3 Å². The number of carbonyl (C=O) groups is 1. The number of halogens is 1. The lowest BCUT2D eigenvalue weighted by Gasteiger charge is -2.20. The van der Waals surface area contributed by atoms with Gasteiger partial charge in [-0.25, -0.2) is 0 Å². The van der Waals surface area contributed by atoms with E-state index in [-0.39, 0.29) is 27.3 Å². The van der Waals surface area contributed by atoms with E-state index in [1.54, 1.807) is 16.8 Å². The van der Waals surface area contributed by atoms with Crippen LogP contribution < -0.4 is 16.2 Å². The van der Waals surface area contributed by atoms with Gasteiger partial charge in [-0.2, -0.15) is 0 Å². The molecule has 1 aromatic heterocycles. The zero-order chi connectivity index (χ0) is 17.3. The Bertz CT molecular complexity index is 668. The SMILES string of the molecule is CCn1cc(NC(=O)C2CC(C3CN(C)CN3)C(Cl)S2)ccc1=O. The van der Waals surface area contributed by atoms with Crippen molar-refractivity contribution in [2.75, 3.05) is 25.6 Å². The van der Waals surface area contributed by atoms with Gasteiger partial charge in [0.15, 0.2) is 0 Å². The number of hydrogen-bond acceptors (Lipinski definition) is 5. The minimum atomic E-state index is -0.160. The fourth-order valence-corrected chi connectivity index (χ4v) is 5.27. The number of aryl methyl sites for hydroxylation is 1. The first kappa shape index (κ1) is 17.8. The fourth-order valence-electron chi connectivity index (χ4n) is 3.28. The molecule has 2 saturated heterocycles. The second-order valence-electron chi connectivity index (χ2n) is 6.41. The number of hydrogen-bond donors (Lipinski definition) is 2. The highest BCUT2D eigenvalue weighted by Gasteiger charge is 2.43. The number of nitrogens with zero attached hydrogens (tertiary/aromatic N) is 2. The van der Waals surface area contributed by atoms with Crippen molar-refractivity contribution in [3.8, 4) is 0 Å². The number of alkyl halides is 1. The Kier molecular flexibility index (Phi) is 5.54. The van der Waals surface area contributed by atoms with Gasteiger partial charge in [-0.15, -0.1) is 23.4 Å². The van der Waals surface area contributed by atoms with Gasteiger partial charge in [-0.1, -0.05) is 0 Å². The van der Waals surface area contributed by atoms with Crippen LogP contribution in [0.4, 0.5) is 5.69 Å². The average molecular weight is 371 g/mol. The number of anilines is 1. The van der Waals surface area contributed by atoms with Crippen molar-refractivity contribution in [2.45, 2.75) is 35.9 Å². The summed E-state index contributed by atoms with van der Waals surface area (Å²) in [5.41, 5.74) is 0.582. The van der Waals surface area contributed by atoms with Crippen LogP contribution in [0.2, 0.25) is 0 Å². The fraction of sp³-hybridized carbons (Fsp3) is 0.625. The van der Waals surface area contributed by atoms with E-state index in [0.29, 0.717) is 18.3 Å². The molecule has 1 amide bonds. The van der Waals surface area contributed by atoms with Gasteiger partial charge in [0.1, 0.15) is 0 Å². The zero-order valence-electron chi connectivity index (χ0n) is 13.9. The first-order chi connectivity index (χ1) is 11.5. The highest BCUT2D eigenvalue weighted by molar-refractivity contribution is 8.02. The standard InChI is InChI=1S/C16H23ClN4O2S/c1-3-21-7-10(4-5-14(21)22)19-16(23)13-6-11(15(17)24-13)12-8-20(2)9-18-12/h4-5,7,11-13,15,18H,3,6,8-9H2,1-2H3,(H,19,23). The Morgan fingerprint density at radius 1 is 1.50 bits per heavy atom. The summed E-state index contributed by atoms with van der Waals surface area (Å²) in [5.74, 6) is 0.239. The summed E-state index contributed by atoms with van der Waals surface area (Å²) in [6, 6.07) is 3.46. The summed E-state index contributed by atoms with van der Waals surface area (Å²) >= 11 is 8.02. The van der Waals surface area contributed by atoms with Crippen molar-refractivity contribution in [1.29, 1.82) is 0 Å². The molecule has 2 fully saturated rings. The number of pyridine rings is 1. The quantitative estimate of drug-likeness (QED) is 0.783. The van der Waals surface area contributed by atoms with Crippen LogP contribution in [0.5, 0.6) is 0 Å². The van der Waals surface area contributed by atoms with E-state index in [0.717, 1.165) is 19.6 Å². The zero-order valence-corrected chi connectivity index (χ0v) is 15.4. The topological polar surface area (TPSA) is 66.4 Å². The smallest absolute Gasteiger partial charge is 0.250 e. The summed E-state index contributed by atoms with van der Waals surface area (Å²) in [6.07, 6.45) is 2.45. The molecule has 132 valence electrons. The number of thioether (sulfide) groups is 1. The largest absolute Gasteiger partial charge is 0.324 e. The number of aromatic nitrogens is 1. The van der Waals surface area contributed by atoms with E-state index in [4.69, 9.17) is 11.6 Å². The summed E-state index contributed by atoms with van der Waals surface area (Å²) in [5, 5.41) is 6.22. The van der Waals surface area contributed by atoms with Gasteiger partial charge in [0.2, 0.25) is 5.91 Å². The minimum absolute atomic E-state index is 0.0409. The summed E-state index contributed by atoms with van der Waals surface area (Å²) in [7, 11) is 2.07. The molecule has 0 saturated carbocycles. The van der Waals surface area contributed by atoms with Gasteiger partial charge in [-0.05, 0) is 26.5 Å². The first-order valence-electron chi connectivity index (χ1n) is 8.20. The molecule has 0 bridgehead atoms. The summed E-state index contributed by atoms with van der Waals surface area (Å²) in [4.78, 5) is 26.4. The molecule has 4 unspecified atom stereocenters. The van der Waals surface area contributed by atoms with Crippen LogP contribution in [0.3, 0.4) is 0 Å². The van der Waals surface area contributed by atoms with E-state index in [1.807, 2.05) is 6.92 Å². The van der Waals surface area contributed by atoms with E-state index in [1.165, 1.54) is 17.8 Å². The minimum Gasteiger partial charge on any atom is -0.324 e. The van der Waals surface area contributed by atoms with Crippen LogP contribution in [0.25, 0.3) is 0 Å². The normalized spacial score (nSPS) is 30.6. The Hall–Kier alpha value is -1.02. The second kappa shape index (κ2) is 7.47. The number of rotatable bonds is 4. The molecule has 24 heavy (non-hydrogen) atoms. The maximum absolute atomic E-state index is 12.6. The average Bonchev–Trinajstić information content (AvgIpc) is 3.15. The third-order valence-corrected chi connectivity index (χ3v) is 6.63. The Morgan fingerprint density at radius 2 is 2.29 bits per heavy atom. The maximum atomic E-state index is 12.6. The molecule has 8 heteroatoms. The Morgan fingerprint density at radius 3 is 2.96 bits per heavy atom. The molecule has 2 aliphatic rings. The lowest BCUT2D eigenvalue weighted by atomic mass is 9.96. The van der Waals surface area contributed by atoms with Crippen molar-refractivity contribution in [3.63, 3.8) is 0 Å².